The fourth-order valence-corrected chi connectivity index (χ4v) is 1.23. The number of likely N-dealkylation sites (N-methyl/N-ethyl adjacent to an activating group) is 1. The number of ketones is 1. The number of carbonyl (C=O) groups excluding carboxylic acids is 3. The van der Waals surface area contributed by atoms with Crippen LogP contribution in [0.2, 0.25) is 0 Å². The van der Waals surface area contributed by atoms with Crippen molar-refractivity contribution in [3.63, 3.8) is 0 Å². The normalized spacial score (nSPS) is 11.7. The quantitative estimate of drug-likeness (QED) is 0.487. The lowest BCUT2D eigenvalue weighted by Gasteiger charge is -2.16. The molecular formula is C11H21N3O3. The maximum absolute atomic E-state index is 11.7. The minimum atomic E-state index is -0.767. The molecule has 6 heteroatoms. The summed E-state index contributed by atoms with van der Waals surface area (Å²) in [5.74, 6) is -0.688. The van der Waals surface area contributed by atoms with Gasteiger partial charge in [-0.25, -0.2) is 0 Å². The van der Waals surface area contributed by atoms with Gasteiger partial charge in [0.25, 0.3) is 0 Å². The summed E-state index contributed by atoms with van der Waals surface area (Å²) in [6.07, 6.45) is 0.315. The number of nitrogens with one attached hydrogen (secondary N) is 3. The Morgan fingerprint density at radius 3 is 2.29 bits per heavy atom. The molecule has 0 saturated carbocycles. The van der Waals surface area contributed by atoms with Crippen molar-refractivity contribution in [1.29, 1.82) is 0 Å². The second-order valence-electron chi connectivity index (χ2n) is 3.77. The highest BCUT2D eigenvalue weighted by molar-refractivity contribution is 5.91. The van der Waals surface area contributed by atoms with Crippen LogP contribution < -0.4 is 16.0 Å². The standard InChI is InChI=1S/C11H21N3O3/c1-4-10(16)14-9(7-8(2)15)11(17)13-6-5-12-3/h9,12H,4-7H2,1-3H3,(H,13,17)(H,14,16). The predicted octanol–water partition coefficient (Wildman–Crippen LogP) is -0.804. The molecule has 0 bridgehead atoms. The molecular weight excluding hydrogens is 222 g/mol. The molecule has 0 spiro atoms. The average Bonchev–Trinajstić information content (AvgIpc) is 2.27. The molecule has 98 valence electrons. The van der Waals surface area contributed by atoms with Crippen LogP contribution in [0.4, 0.5) is 0 Å². The van der Waals surface area contributed by atoms with Gasteiger partial charge in [-0.05, 0) is 14.0 Å². The van der Waals surface area contributed by atoms with Crippen molar-refractivity contribution in [3.05, 3.63) is 0 Å². The van der Waals surface area contributed by atoms with Gasteiger partial charge in [0.2, 0.25) is 11.8 Å². The van der Waals surface area contributed by atoms with Crippen molar-refractivity contribution in [2.24, 2.45) is 0 Å². The Labute approximate surface area is 102 Å². The molecule has 0 aliphatic rings. The van der Waals surface area contributed by atoms with E-state index in [1.54, 1.807) is 14.0 Å². The summed E-state index contributed by atoms with van der Waals surface area (Å²) in [6.45, 7) is 4.19. The van der Waals surface area contributed by atoms with Crippen molar-refractivity contribution in [2.75, 3.05) is 20.1 Å². The van der Waals surface area contributed by atoms with Crippen molar-refractivity contribution >= 4 is 17.6 Å². The fourth-order valence-electron chi connectivity index (χ4n) is 1.23. The average molecular weight is 243 g/mol. The Morgan fingerprint density at radius 1 is 1.18 bits per heavy atom. The Hall–Kier alpha value is -1.43. The number of rotatable bonds is 8. The molecule has 0 fully saturated rings. The molecule has 17 heavy (non-hydrogen) atoms. The fraction of sp³-hybridized carbons (Fsp3) is 0.727. The molecule has 0 aliphatic heterocycles. The molecule has 0 aliphatic carbocycles. The first-order valence-electron chi connectivity index (χ1n) is 5.72. The number of hydrogen-bond acceptors (Lipinski definition) is 4. The van der Waals surface area contributed by atoms with E-state index in [1.165, 1.54) is 6.92 Å². The first-order valence-corrected chi connectivity index (χ1v) is 5.72. The first-order chi connectivity index (χ1) is 8.01. The van der Waals surface area contributed by atoms with Crippen LogP contribution in [0.5, 0.6) is 0 Å². The van der Waals surface area contributed by atoms with E-state index in [-0.39, 0.29) is 30.4 Å². The van der Waals surface area contributed by atoms with E-state index >= 15 is 0 Å². The van der Waals surface area contributed by atoms with Crippen molar-refractivity contribution in [2.45, 2.75) is 32.7 Å². The van der Waals surface area contributed by atoms with E-state index in [4.69, 9.17) is 0 Å². The summed E-state index contributed by atoms with van der Waals surface area (Å²) in [5.41, 5.74) is 0. The molecule has 1 unspecified atom stereocenters. The van der Waals surface area contributed by atoms with Gasteiger partial charge in [0, 0.05) is 25.9 Å². The largest absolute Gasteiger partial charge is 0.353 e. The molecule has 6 nitrogen and oxygen atoms in total. The third kappa shape index (κ3) is 7.46. The van der Waals surface area contributed by atoms with Crippen LogP contribution in [-0.2, 0) is 14.4 Å². The summed E-state index contributed by atoms with van der Waals surface area (Å²) in [5, 5.41) is 8.07. The number of carbonyl (C=O) groups is 3. The van der Waals surface area contributed by atoms with E-state index in [0.717, 1.165) is 0 Å². The molecule has 1 atom stereocenters. The lowest BCUT2D eigenvalue weighted by Crippen LogP contribution is -2.48. The van der Waals surface area contributed by atoms with Crippen LogP contribution >= 0.6 is 0 Å². The van der Waals surface area contributed by atoms with Crippen molar-refractivity contribution in [3.8, 4) is 0 Å². The first kappa shape index (κ1) is 15.6. The van der Waals surface area contributed by atoms with Crippen molar-refractivity contribution < 1.29 is 14.4 Å². The minimum absolute atomic E-state index is 0.0249. The van der Waals surface area contributed by atoms with Crippen LogP contribution in [0.25, 0.3) is 0 Å². The number of Topliss-reactive ketones (excluding diaryl/α,β-unsaturated/α-hetero) is 1. The summed E-state index contributed by atoms with van der Waals surface area (Å²) in [6, 6.07) is -0.767. The van der Waals surface area contributed by atoms with Crippen molar-refractivity contribution in [1.82, 2.24) is 16.0 Å². The van der Waals surface area contributed by atoms with Crippen LogP contribution in [0.15, 0.2) is 0 Å². The van der Waals surface area contributed by atoms with E-state index in [9.17, 15) is 14.4 Å². The lowest BCUT2D eigenvalue weighted by atomic mass is 10.1. The van der Waals surface area contributed by atoms with E-state index < -0.39 is 6.04 Å². The summed E-state index contributed by atoms with van der Waals surface area (Å²) >= 11 is 0. The topological polar surface area (TPSA) is 87.3 Å². The second kappa shape index (κ2) is 8.69. The lowest BCUT2D eigenvalue weighted by molar-refractivity contribution is -0.130. The molecule has 0 rings (SSSR count). The maximum atomic E-state index is 11.7. The maximum Gasteiger partial charge on any atom is 0.243 e. The highest BCUT2D eigenvalue weighted by atomic mass is 16.2. The van der Waals surface area contributed by atoms with Gasteiger partial charge in [-0.3, -0.25) is 14.4 Å². The van der Waals surface area contributed by atoms with Gasteiger partial charge < -0.3 is 16.0 Å². The Bertz CT molecular complexity index is 279. The SMILES string of the molecule is CCC(=O)NC(CC(C)=O)C(=O)NCCNC. The highest BCUT2D eigenvalue weighted by Gasteiger charge is 2.21. The number of amides is 2. The van der Waals surface area contributed by atoms with Gasteiger partial charge in [0.05, 0.1) is 0 Å². The molecule has 0 radical (unpaired) electrons. The minimum Gasteiger partial charge on any atom is -0.353 e. The van der Waals surface area contributed by atoms with Gasteiger partial charge >= 0.3 is 0 Å². The highest BCUT2D eigenvalue weighted by Crippen LogP contribution is 1.95. The Kier molecular flexibility index (Phi) is 7.96. The van der Waals surface area contributed by atoms with Gasteiger partial charge in [-0.15, -0.1) is 0 Å². The zero-order chi connectivity index (χ0) is 13.3. The van der Waals surface area contributed by atoms with Gasteiger partial charge in [0.15, 0.2) is 0 Å². The van der Waals surface area contributed by atoms with Crippen LogP contribution in [0.1, 0.15) is 26.7 Å². The van der Waals surface area contributed by atoms with Gasteiger partial charge in [-0.2, -0.15) is 0 Å². The monoisotopic (exact) mass is 243 g/mol. The zero-order valence-corrected chi connectivity index (χ0v) is 10.6. The molecule has 0 aromatic rings. The second-order valence-corrected chi connectivity index (χ2v) is 3.77. The Balaban J connectivity index is 4.29. The molecule has 2 amide bonds. The summed E-state index contributed by atoms with van der Waals surface area (Å²) in [7, 11) is 1.78. The van der Waals surface area contributed by atoms with Gasteiger partial charge in [-0.1, -0.05) is 6.92 Å². The van der Waals surface area contributed by atoms with Crippen LogP contribution in [-0.4, -0.2) is 43.8 Å². The predicted molar refractivity (Wildman–Crippen MR) is 64.5 cm³/mol. The third-order valence-electron chi connectivity index (χ3n) is 2.14. The zero-order valence-electron chi connectivity index (χ0n) is 10.6. The van der Waals surface area contributed by atoms with Crippen LogP contribution in [0.3, 0.4) is 0 Å². The van der Waals surface area contributed by atoms with E-state index in [1.807, 2.05) is 0 Å². The van der Waals surface area contributed by atoms with E-state index in [0.29, 0.717) is 13.1 Å². The molecule has 0 saturated heterocycles. The molecule has 0 aromatic carbocycles. The smallest absolute Gasteiger partial charge is 0.243 e. The summed E-state index contributed by atoms with van der Waals surface area (Å²) in [4.78, 5) is 33.9. The molecule has 3 N–H and O–H groups in total. The van der Waals surface area contributed by atoms with E-state index in [2.05, 4.69) is 16.0 Å². The number of hydrogen-bond donors (Lipinski definition) is 3. The Morgan fingerprint density at radius 2 is 1.82 bits per heavy atom. The van der Waals surface area contributed by atoms with Gasteiger partial charge in [0.1, 0.15) is 11.8 Å². The third-order valence-corrected chi connectivity index (χ3v) is 2.14. The van der Waals surface area contributed by atoms with Crippen LogP contribution in [0, 0.1) is 0 Å². The molecule has 0 heterocycles. The molecule has 0 aromatic heterocycles. The summed E-state index contributed by atoms with van der Waals surface area (Å²) < 4.78 is 0.